The Hall–Kier alpha value is 1.02. The first kappa shape index (κ1) is 59.1. The molecule has 0 amide bonds. The van der Waals surface area contributed by atoms with E-state index in [2.05, 4.69) is 197 Å². The summed E-state index contributed by atoms with van der Waals surface area (Å²) in [6.45, 7) is 69.7. The summed E-state index contributed by atoms with van der Waals surface area (Å²) in [6.07, 6.45) is 4.19. The van der Waals surface area contributed by atoms with Gasteiger partial charge >= 0.3 is 0 Å². The number of rotatable bonds is 27. The van der Waals surface area contributed by atoms with Crippen LogP contribution in [0.15, 0.2) is 0 Å². The third-order valence-corrected chi connectivity index (χ3v) is 42.1. The van der Waals surface area contributed by atoms with E-state index in [-0.39, 0.29) is 42.4 Å². The molecule has 0 radical (unpaired) electrons. The van der Waals surface area contributed by atoms with E-state index in [1.165, 1.54) is 18.9 Å². The summed E-state index contributed by atoms with van der Waals surface area (Å²) >= 11 is 0. The summed E-state index contributed by atoms with van der Waals surface area (Å²) in [5.41, 5.74) is -1.60. The number of hydrogen-bond donors (Lipinski definition) is 0. The van der Waals surface area contributed by atoms with E-state index < -0.39 is 61.6 Å². The van der Waals surface area contributed by atoms with E-state index in [0.29, 0.717) is 13.2 Å². The Morgan fingerprint density at radius 2 is 1.21 bits per heavy atom. The number of unbranched alkanes of at least 4 members (excludes halogenated alkanes) is 1. The largest absolute Gasteiger partial charge is 0.418 e. The van der Waals surface area contributed by atoms with Gasteiger partial charge < -0.3 is 31.6 Å². The smallest absolute Gasteiger partial charge is 0.225 e. The second-order valence-corrected chi connectivity index (χ2v) is 53.6. The Morgan fingerprint density at radius 3 is 1.68 bits per heavy atom. The molecule has 6 unspecified atom stereocenters. The minimum atomic E-state index is -2.66. The maximum Gasteiger partial charge on any atom is 0.225 e. The van der Waals surface area contributed by atoms with Crippen LogP contribution in [-0.2, 0) is 31.6 Å². The summed E-state index contributed by atoms with van der Waals surface area (Å²) in [4.78, 5) is 0. The average molecular weight is 978 g/mol. The molecule has 2 fully saturated rings. The second kappa shape index (κ2) is 18.7. The zero-order valence-electron chi connectivity index (χ0n) is 47.0. The molecule has 0 saturated carbocycles. The summed E-state index contributed by atoms with van der Waals surface area (Å²) < 4.78 is 50.4. The maximum atomic E-state index is 7.96. The van der Waals surface area contributed by atoms with E-state index in [4.69, 9.17) is 31.6 Å². The van der Waals surface area contributed by atoms with Crippen molar-refractivity contribution in [2.24, 2.45) is 0 Å². The summed E-state index contributed by atoms with van der Waals surface area (Å²) in [5.74, 6) is 0. The van der Waals surface area contributed by atoms with Crippen molar-refractivity contribution < 1.29 is 31.6 Å². The molecule has 2 heterocycles. The lowest BCUT2D eigenvalue weighted by Crippen LogP contribution is -2.63. The fourth-order valence-corrected chi connectivity index (χ4v) is 32.3. The normalized spacial score (nSPS) is 27.6. The Bertz CT molecular complexity index is 1490. The van der Waals surface area contributed by atoms with Crippen LogP contribution in [0.5, 0.6) is 0 Å². The van der Waals surface area contributed by atoms with Crippen LogP contribution in [0.25, 0.3) is 0 Å². The van der Waals surface area contributed by atoms with Gasteiger partial charge in [-0.25, -0.2) is 0 Å². The van der Waals surface area contributed by atoms with Gasteiger partial charge in [0.2, 0.25) is 8.32 Å². The summed E-state index contributed by atoms with van der Waals surface area (Å²) in [6, 6.07) is 4.37. The lowest BCUT2D eigenvalue weighted by atomic mass is 9.93. The molecule has 0 aromatic heterocycles. The predicted molar refractivity (Wildman–Crippen MR) is 284 cm³/mol. The molecule has 370 valence electrons. The molecule has 6 atom stereocenters. The third kappa shape index (κ3) is 13.2. The topological polar surface area (TPSA) is 64.6 Å². The molecular formula is C49H108O7Si6. The lowest BCUT2D eigenvalue weighted by Gasteiger charge is -2.58. The van der Waals surface area contributed by atoms with Crippen LogP contribution in [0.3, 0.4) is 0 Å². The maximum absolute atomic E-state index is 7.96. The first-order valence-electron chi connectivity index (χ1n) is 24.9. The minimum Gasteiger partial charge on any atom is -0.418 e. The van der Waals surface area contributed by atoms with E-state index in [0.717, 1.165) is 31.0 Å². The van der Waals surface area contributed by atoms with Crippen molar-refractivity contribution in [1.82, 2.24) is 0 Å². The monoisotopic (exact) mass is 977 g/mol. The molecule has 0 N–H and O–H groups in total. The molecule has 0 bridgehead atoms. The average Bonchev–Trinajstić information content (AvgIpc) is 3.80. The van der Waals surface area contributed by atoms with Crippen molar-refractivity contribution in [3.05, 3.63) is 0 Å². The van der Waals surface area contributed by atoms with Crippen molar-refractivity contribution >= 4 is 50.4 Å². The van der Waals surface area contributed by atoms with Gasteiger partial charge in [0.15, 0.2) is 34.0 Å². The number of hydrogen-bond acceptors (Lipinski definition) is 7. The molecule has 2 saturated heterocycles. The van der Waals surface area contributed by atoms with Crippen molar-refractivity contribution in [3.8, 4) is 0 Å². The van der Waals surface area contributed by atoms with E-state index in [1.54, 1.807) is 0 Å². The quantitative estimate of drug-likeness (QED) is 0.0600. The van der Waals surface area contributed by atoms with Crippen molar-refractivity contribution in [3.63, 3.8) is 0 Å². The van der Waals surface area contributed by atoms with Crippen LogP contribution in [0.4, 0.5) is 0 Å². The molecule has 7 nitrogen and oxygen atoms in total. The zero-order chi connectivity index (χ0) is 49.1. The van der Waals surface area contributed by atoms with Crippen LogP contribution in [-0.4, -0.2) is 102 Å². The van der Waals surface area contributed by atoms with Gasteiger partial charge in [-0.1, -0.05) is 74.0 Å². The van der Waals surface area contributed by atoms with E-state index in [1.807, 2.05) is 0 Å². The highest BCUT2D eigenvalue weighted by atomic mass is 28.4. The molecule has 2 rings (SSSR count). The Kier molecular flexibility index (Phi) is 17.9. The molecule has 0 aliphatic carbocycles. The second-order valence-electron chi connectivity index (χ2n) is 27.8. The zero-order valence-corrected chi connectivity index (χ0v) is 53.2. The van der Waals surface area contributed by atoms with E-state index in [9.17, 15) is 0 Å². The van der Waals surface area contributed by atoms with Gasteiger partial charge in [0.05, 0.1) is 41.3 Å². The highest BCUT2D eigenvalue weighted by molar-refractivity contribution is 6.90. The van der Waals surface area contributed by atoms with Gasteiger partial charge in [0.1, 0.15) is 0 Å². The molecule has 0 aromatic rings. The summed E-state index contributed by atoms with van der Waals surface area (Å²) in [7, 11) is -12.2. The Labute approximate surface area is 394 Å². The standard InChI is InChI=1S/C49H108O7Si6/c1-30-31-37-62(39-49(62,20)56-59(25,26)27)55-44(11,12)48(19)38-61(48,29)54-43(9,10)46(15,16)60(28,36-32-34-51-41(5,6)33-35-50-40(2,3)4)53-42(7,8)45(13,14)57(21)52-47(17,18)58(22,23)24/h57H,30-39H2,1-29H3. The Morgan fingerprint density at radius 1 is 0.677 bits per heavy atom. The van der Waals surface area contributed by atoms with Crippen molar-refractivity contribution in [2.45, 2.75) is 301 Å². The molecule has 13 heteroatoms. The van der Waals surface area contributed by atoms with Gasteiger partial charge in [0.25, 0.3) is 0 Å². The predicted octanol–water partition coefficient (Wildman–Crippen LogP) is 15.2. The first-order chi connectivity index (χ1) is 27.1. The molecule has 0 aromatic carbocycles. The molecule has 62 heavy (non-hydrogen) atoms. The van der Waals surface area contributed by atoms with Crippen LogP contribution in [0.1, 0.15) is 164 Å². The van der Waals surface area contributed by atoms with Crippen LogP contribution < -0.4 is 0 Å². The lowest BCUT2D eigenvalue weighted by molar-refractivity contribution is -0.0668. The van der Waals surface area contributed by atoms with Crippen LogP contribution >= 0.6 is 0 Å². The van der Waals surface area contributed by atoms with Gasteiger partial charge in [-0.2, -0.15) is 0 Å². The number of ether oxygens (including phenoxy) is 2. The molecular weight excluding hydrogens is 869 g/mol. The highest BCUT2D eigenvalue weighted by Gasteiger charge is 2.79. The van der Waals surface area contributed by atoms with Gasteiger partial charge in [-0.15, -0.1) is 0 Å². The van der Waals surface area contributed by atoms with Crippen LogP contribution in [0.2, 0.25) is 98.2 Å². The first-order valence-corrected chi connectivity index (χ1v) is 41.5. The molecule has 2 aliphatic heterocycles. The van der Waals surface area contributed by atoms with Gasteiger partial charge in [-0.3, -0.25) is 0 Å². The summed E-state index contributed by atoms with van der Waals surface area (Å²) in [5, 5.41) is -0.615. The third-order valence-electron chi connectivity index (χ3n) is 17.6. The van der Waals surface area contributed by atoms with Gasteiger partial charge in [0, 0.05) is 33.6 Å². The minimum absolute atomic E-state index is 0.0139. The van der Waals surface area contributed by atoms with Crippen molar-refractivity contribution in [2.75, 3.05) is 13.2 Å². The van der Waals surface area contributed by atoms with Crippen molar-refractivity contribution in [1.29, 1.82) is 0 Å². The van der Waals surface area contributed by atoms with Crippen LogP contribution in [0, 0.1) is 0 Å². The Balaban J connectivity index is 2.51. The highest BCUT2D eigenvalue weighted by Crippen LogP contribution is 2.73. The molecule has 0 spiro atoms. The molecule has 2 aliphatic rings. The SMILES string of the molecule is CCCC[Si]1(OC(C)(C)C2(C)C[Si]2(C)OC(C)(C)C(C)(C)[Si](C)(CCCOC(C)(C)CCOC(C)(C)C)OC(C)(C)C(C)(C)[SiH](C)OC(C)(C)[Si](C)(C)C)CC1(C)O[Si](C)(C)C. The van der Waals surface area contributed by atoms with Gasteiger partial charge in [-0.05, 0) is 173 Å². The van der Waals surface area contributed by atoms with E-state index >= 15 is 0 Å². The fourth-order valence-electron chi connectivity index (χ4n) is 9.75. The fraction of sp³-hybridized carbons (Fsp3) is 1.00.